The maximum absolute atomic E-state index is 5.36. The SMILES string of the molecule is CNC(C)Cc1noc(-c2ccc(-c3ccco3)nc2C)n1. The van der Waals surface area contributed by atoms with Crippen LogP contribution in [0, 0.1) is 6.92 Å². The molecular weight excluding hydrogens is 280 g/mol. The van der Waals surface area contributed by atoms with Crippen molar-refractivity contribution in [3.63, 3.8) is 0 Å². The van der Waals surface area contributed by atoms with Gasteiger partial charge >= 0.3 is 0 Å². The highest BCUT2D eigenvalue weighted by molar-refractivity contribution is 5.61. The minimum atomic E-state index is 0.297. The van der Waals surface area contributed by atoms with E-state index in [0.717, 1.165) is 29.1 Å². The second kappa shape index (κ2) is 6.11. The van der Waals surface area contributed by atoms with Crippen LogP contribution in [0.5, 0.6) is 0 Å². The number of furan rings is 1. The lowest BCUT2D eigenvalue weighted by Crippen LogP contribution is -2.24. The molecule has 0 aromatic carbocycles. The van der Waals surface area contributed by atoms with Gasteiger partial charge in [0.2, 0.25) is 0 Å². The maximum atomic E-state index is 5.36. The first-order chi connectivity index (χ1) is 10.7. The van der Waals surface area contributed by atoms with Gasteiger partial charge in [-0.3, -0.25) is 0 Å². The van der Waals surface area contributed by atoms with Crippen LogP contribution in [-0.2, 0) is 6.42 Å². The van der Waals surface area contributed by atoms with Gasteiger partial charge in [0.05, 0.1) is 17.5 Å². The number of pyridine rings is 1. The Balaban J connectivity index is 1.86. The molecule has 22 heavy (non-hydrogen) atoms. The molecule has 0 aliphatic rings. The van der Waals surface area contributed by atoms with Crippen LogP contribution >= 0.6 is 0 Å². The number of rotatable bonds is 5. The zero-order chi connectivity index (χ0) is 15.5. The fourth-order valence-corrected chi connectivity index (χ4v) is 2.17. The predicted octanol–water partition coefficient (Wildman–Crippen LogP) is 2.85. The van der Waals surface area contributed by atoms with E-state index in [4.69, 9.17) is 8.94 Å². The van der Waals surface area contributed by atoms with Gasteiger partial charge in [0.25, 0.3) is 5.89 Å². The van der Waals surface area contributed by atoms with Gasteiger partial charge in [0.15, 0.2) is 11.6 Å². The van der Waals surface area contributed by atoms with Crippen molar-refractivity contribution in [2.24, 2.45) is 0 Å². The molecule has 0 radical (unpaired) electrons. The van der Waals surface area contributed by atoms with E-state index < -0.39 is 0 Å². The molecule has 0 saturated carbocycles. The lowest BCUT2D eigenvalue weighted by Gasteiger charge is -2.05. The minimum Gasteiger partial charge on any atom is -0.463 e. The number of hydrogen-bond acceptors (Lipinski definition) is 6. The van der Waals surface area contributed by atoms with Crippen molar-refractivity contribution in [3.05, 3.63) is 42.0 Å². The van der Waals surface area contributed by atoms with Crippen molar-refractivity contribution in [2.75, 3.05) is 7.05 Å². The molecule has 0 amide bonds. The Morgan fingerprint density at radius 1 is 1.23 bits per heavy atom. The van der Waals surface area contributed by atoms with Crippen molar-refractivity contribution in [1.29, 1.82) is 0 Å². The van der Waals surface area contributed by atoms with E-state index >= 15 is 0 Å². The second-order valence-electron chi connectivity index (χ2n) is 5.22. The Morgan fingerprint density at radius 2 is 2.09 bits per heavy atom. The monoisotopic (exact) mass is 298 g/mol. The molecule has 3 heterocycles. The van der Waals surface area contributed by atoms with E-state index in [2.05, 4.69) is 27.4 Å². The molecule has 3 aromatic heterocycles. The highest BCUT2D eigenvalue weighted by Gasteiger charge is 2.15. The van der Waals surface area contributed by atoms with Crippen LogP contribution < -0.4 is 5.32 Å². The normalized spacial score (nSPS) is 12.5. The summed E-state index contributed by atoms with van der Waals surface area (Å²) in [6.45, 7) is 3.99. The third-order valence-electron chi connectivity index (χ3n) is 3.54. The van der Waals surface area contributed by atoms with E-state index in [1.54, 1.807) is 6.26 Å². The molecule has 3 rings (SSSR count). The molecule has 1 N–H and O–H groups in total. The zero-order valence-corrected chi connectivity index (χ0v) is 12.8. The number of hydrogen-bond donors (Lipinski definition) is 1. The molecule has 0 saturated heterocycles. The van der Waals surface area contributed by atoms with Crippen LogP contribution in [0.2, 0.25) is 0 Å². The fraction of sp³-hybridized carbons (Fsp3) is 0.312. The van der Waals surface area contributed by atoms with Crippen LogP contribution in [0.25, 0.3) is 22.9 Å². The van der Waals surface area contributed by atoms with Crippen LogP contribution in [0.15, 0.2) is 39.5 Å². The Bertz CT molecular complexity index is 749. The molecular formula is C16H18N4O2. The highest BCUT2D eigenvalue weighted by atomic mass is 16.5. The van der Waals surface area contributed by atoms with Crippen molar-refractivity contribution < 1.29 is 8.94 Å². The van der Waals surface area contributed by atoms with Crippen molar-refractivity contribution in [3.8, 4) is 22.9 Å². The molecule has 6 heteroatoms. The van der Waals surface area contributed by atoms with Gasteiger partial charge in [-0.25, -0.2) is 4.98 Å². The Kier molecular flexibility index (Phi) is 4.02. The number of likely N-dealkylation sites (N-methyl/N-ethyl adjacent to an activating group) is 1. The molecule has 3 aromatic rings. The molecule has 6 nitrogen and oxygen atoms in total. The van der Waals surface area contributed by atoms with E-state index in [-0.39, 0.29) is 0 Å². The number of nitrogens with one attached hydrogen (secondary N) is 1. The summed E-state index contributed by atoms with van der Waals surface area (Å²) >= 11 is 0. The highest BCUT2D eigenvalue weighted by Crippen LogP contribution is 2.25. The number of aryl methyl sites for hydroxylation is 1. The molecule has 0 aliphatic carbocycles. The van der Waals surface area contributed by atoms with Crippen LogP contribution in [-0.4, -0.2) is 28.2 Å². The van der Waals surface area contributed by atoms with Gasteiger partial charge < -0.3 is 14.3 Å². The largest absolute Gasteiger partial charge is 0.463 e. The topological polar surface area (TPSA) is 77.0 Å². The fourth-order valence-electron chi connectivity index (χ4n) is 2.17. The summed E-state index contributed by atoms with van der Waals surface area (Å²) in [5.74, 6) is 1.92. The van der Waals surface area contributed by atoms with Gasteiger partial charge in [-0.05, 0) is 45.2 Å². The van der Waals surface area contributed by atoms with Gasteiger partial charge in [-0.1, -0.05) is 5.16 Å². The smallest absolute Gasteiger partial charge is 0.259 e. The van der Waals surface area contributed by atoms with E-state index in [9.17, 15) is 0 Å². The van der Waals surface area contributed by atoms with Gasteiger partial charge in [0.1, 0.15) is 5.69 Å². The predicted molar refractivity (Wildman–Crippen MR) is 82.2 cm³/mol. The first-order valence-corrected chi connectivity index (χ1v) is 7.19. The maximum Gasteiger partial charge on any atom is 0.259 e. The van der Waals surface area contributed by atoms with Crippen molar-refractivity contribution >= 4 is 0 Å². The number of nitrogens with zero attached hydrogens (tertiary/aromatic N) is 3. The summed E-state index contributed by atoms with van der Waals surface area (Å²) in [5, 5.41) is 7.17. The average Bonchev–Trinajstić information content (AvgIpc) is 3.18. The molecule has 0 fully saturated rings. The first-order valence-electron chi connectivity index (χ1n) is 7.19. The third-order valence-corrected chi connectivity index (χ3v) is 3.54. The number of aromatic nitrogens is 3. The summed E-state index contributed by atoms with van der Waals surface area (Å²) in [6, 6.07) is 7.84. The molecule has 0 spiro atoms. The van der Waals surface area contributed by atoms with Crippen molar-refractivity contribution in [1.82, 2.24) is 20.4 Å². The van der Waals surface area contributed by atoms with E-state index in [1.165, 1.54) is 0 Å². The van der Waals surface area contributed by atoms with Gasteiger partial charge in [0, 0.05) is 12.5 Å². The van der Waals surface area contributed by atoms with E-state index in [1.807, 2.05) is 38.2 Å². The summed E-state index contributed by atoms with van der Waals surface area (Å²) in [5.41, 5.74) is 2.45. The Morgan fingerprint density at radius 3 is 2.77 bits per heavy atom. The Labute approximate surface area is 128 Å². The summed E-state index contributed by atoms with van der Waals surface area (Å²) in [6.07, 6.45) is 2.35. The van der Waals surface area contributed by atoms with Crippen LogP contribution in [0.3, 0.4) is 0 Å². The van der Waals surface area contributed by atoms with Crippen LogP contribution in [0.1, 0.15) is 18.4 Å². The van der Waals surface area contributed by atoms with Crippen molar-refractivity contribution in [2.45, 2.75) is 26.3 Å². The lowest BCUT2D eigenvalue weighted by molar-refractivity contribution is 0.418. The summed E-state index contributed by atoms with van der Waals surface area (Å²) in [7, 11) is 1.91. The quantitative estimate of drug-likeness (QED) is 0.780. The summed E-state index contributed by atoms with van der Waals surface area (Å²) in [4.78, 5) is 8.98. The second-order valence-corrected chi connectivity index (χ2v) is 5.22. The zero-order valence-electron chi connectivity index (χ0n) is 12.8. The Hall–Kier alpha value is -2.47. The molecule has 0 bridgehead atoms. The minimum absolute atomic E-state index is 0.297. The van der Waals surface area contributed by atoms with Gasteiger partial charge in [-0.15, -0.1) is 0 Å². The first kappa shape index (κ1) is 14.5. The molecule has 0 aliphatic heterocycles. The lowest BCUT2D eigenvalue weighted by atomic mass is 10.1. The molecule has 1 unspecified atom stereocenters. The molecule has 1 atom stereocenters. The molecule has 114 valence electrons. The van der Waals surface area contributed by atoms with Gasteiger partial charge in [-0.2, -0.15) is 4.98 Å². The average molecular weight is 298 g/mol. The van der Waals surface area contributed by atoms with E-state index in [0.29, 0.717) is 17.8 Å². The summed E-state index contributed by atoms with van der Waals surface area (Å²) < 4.78 is 10.7. The standard InChI is InChI=1S/C16H18N4O2/c1-10(17-3)9-15-19-16(22-20-15)12-6-7-13(18-11(12)2)14-5-4-8-21-14/h4-8,10,17H,9H2,1-3H3. The van der Waals surface area contributed by atoms with Crippen LogP contribution in [0.4, 0.5) is 0 Å². The third kappa shape index (κ3) is 2.92.